The molecular weight excluding hydrogens is 378 g/mol. The van der Waals surface area contributed by atoms with Crippen molar-refractivity contribution >= 4 is 32.6 Å². The van der Waals surface area contributed by atoms with Crippen LogP contribution in [0.4, 0.5) is 5.13 Å². The van der Waals surface area contributed by atoms with Crippen molar-refractivity contribution in [3.63, 3.8) is 0 Å². The lowest BCUT2D eigenvalue weighted by Gasteiger charge is -2.20. The number of nitrogens with one attached hydrogen (secondary N) is 1. The predicted octanol–water partition coefficient (Wildman–Crippen LogP) is 1.41. The largest absolute Gasteiger partial charge is 0.445 e. The zero-order valence-electron chi connectivity index (χ0n) is 13.5. The van der Waals surface area contributed by atoms with E-state index in [0.717, 1.165) is 15.6 Å². The molecule has 0 aliphatic carbocycles. The average molecular weight is 393 g/mol. The van der Waals surface area contributed by atoms with Crippen molar-refractivity contribution < 1.29 is 17.9 Å². The molecule has 3 N–H and O–H groups in total. The topological polar surface area (TPSA) is 138 Å². The van der Waals surface area contributed by atoms with E-state index in [9.17, 15) is 13.2 Å². The second kappa shape index (κ2) is 7.38. The number of aromatic nitrogens is 1. The van der Waals surface area contributed by atoms with Crippen LogP contribution >= 0.6 is 11.3 Å². The van der Waals surface area contributed by atoms with Crippen LogP contribution in [-0.2, 0) is 15.0 Å². The zero-order valence-corrected chi connectivity index (χ0v) is 15.1. The minimum absolute atomic E-state index is 0.224. The van der Waals surface area contributed by atoms with Gasteiger partial charge in [0.15, 0.2) is 5.13 Å². The summed E-state index contributed by atoms with van der Waals surface area (Å²) in [4.78, 5) is 16.4. The number of nitrogens with two attached hydrogens (primary N) is 1. The molecule has 0 radical (unpaired) electrons. The van der Waals surface area contributed by atoms with Gasteiger partial charge >= 0.3 is 0 Å². The number of nitriles is 1. The van der Waals surface area contributed by atoms with Gasteiger partial charge in [0.05, 0.1) is 17.8 Å². The Bertz CT molecular complexity index is 949. The number of rotatable bonds is 5. The number of nitrogens with zero attached hydrogens (tertiary/aromatic N) is 3. The van der Waals surface area contributed by atoms with Crippen molar-refractivity contribution in [1.29, 1.82) is 5.26 Å². The van der Waals surface area contributed by atoms with E-state index in [2.05, 4.69) is 10.3 Å². The molecule has 2 heterocycles. The van der Waals surface area contributed by atoms with Crippen LogP contribution in [0.15, 0.2) is 30.5 Å². The Hall–Kier alpha value is -2.52. The highest BCUT2D eigenvalue weighted by molar-refractivity contribution is 7.86. The summed E-state index contributed by atoms with van der Waals surface area (Å²) in [5.41, 5.74) is 0.519. The molecule has 1 aromatic heterocycles. The van der Waals surface area contributed by atoms with Gasteiger partial charge in [-0.1, -0.05) is 11.3 Å². The maximum Gasteiger partial charge on any atom is 0.277 e. The van der Waals surface area contributed by atoms with Crippen LogP contribution in [0.3, 0.4) is 0 Å². The van der Waals surface area contributed by atoms with Gasteiger partial charge in [-0.25, -0.2) is 10.1 Å². The second-order valence-electron chi connectivity index (χ2n) is 5.53. The monoisotopic (exact) mass is 393 g/mol. The van der Waals surface area contributed by atoms with Crippen molar-refractivity contribution in [2.75, 3.05) is 11.9 Å². The van der Waals surface area contributed by atoms with Crippen molar-refractivity contribution in [3.8, 4) is 16.9 Å². The predicted molar refractivity (Wildman–Crippen MR) is 94.8 cm³/mol. The molecule has 1 aromatic carbocycles. The van der Waals surface area contributed by atoms with E-state index < -0.39 is 22.2 Å². The Labute approximate surface area is 154 Å². The maximum absolute atomic E-state index is 12.3. The summed E-state index contributed by atoms with van der Waals surface area (Å²) in [5.74, 6) is 0.0533. The third-order valence-electron chi connectivity index (χ3n) is 3.75. The molecule has 0 bridgehead atoms. The molecule has 1 atom stereocenters. The Morgan fingerprint density at radius 2 is 2.15 bits per heavy atom. The summed E-state index contributed by atoms with van der Waals surface area (Å²) in [5, 5.41) is 17.2. The van der Waals surface area contributed by atoms with Crippen molar-refractivity contribution in [3.05, 3.63) is 36.0 Å². The fourth-order valence-electron chi connectivity index (χ4n) is 2.57. The Balaban J connectivity index is 1.64. The highest BCUT2D eigenvalue weighted by Crippen LogP contribution is 2.31. The minimum Gasteiger partial charge on any atom is -0.445 e. The number of amides is 1. The molecule has 11 heteroatoms. The summed E-state index contributed by atoms with van der Waals surface area (Å²) in [6, 6.07) is 7.74. The van der Waals surface area contributed by atoms with Gasteiger partial charge < -0.3 is 10.1 Å². The van der Waals surface area contributed by atoms with Crippen molar-refractivity contribution in [1.82, 2.24) is 9.29 Å². The van der Waals surface area contributed by atoms with Gasteiger partial charge in [0, 0.05) is 6.54 Å². The standard InChI is InChI=1S/C15H15N5O4S2/c16-8-10-3-5-11(6-4-10)24-13-9-18-15(25-13)19-14(21)12-2-1-7-20(12)26(17,22)23/h3-6,9,12H,1-2,7H2,(H2,17,22,23)(H,18,19,21)/t12-/m1/s1. The number of ether oxygens (including phenoxy) is 1. The van der Waals surface area contributed by atoms with Gasteiger partial charge in [-0.15, -0.1) is 0 Å². The number of hydrogen-bond donors (Lipinski definition) is 2. The summed E-state index contributed by atoms with van der Waals surface area (Å²) in [7, 11) is -3.92. The van der Waals surface area contributed by atoms with E-state index in [1.807, 2.05) is 6.07 Å². The molecule has 1 aliphatic rings. The average Bonchev–Trinajstić information content (AvgIpc) is 3.24. The molecule has 1 amide bonds. The normalized spacial score (nSPS) is 17.6. The van der Waals surface area contributed by atoms with Crippen LogP contribution in [0, 0.1) is 11.3 Å². The van der Waals surface area contributed by atoms with Gasteiger partial charge in [-0.3, -0.25) is 4.79 Å². The van der Waals surface area contributed by atoms with Crippen LogP contribution in [-0.4, -0.2) is 36.2 Å². The highest BCUT2D eigenvalue weighted by atomic mass is 32.2. The van der Waals surface area contributed by atoms with E-state index in [1.54, 1.807) is 24.3 Å². The number of thiazole rings is 1. The fourth-order valence-corrected chi connectivity index (χ4v) is 4.20. The molecule has 3 rings (SSSR count). The number of benzene rings is 1. The van der Waals surface area contributed by atoms with Crippen LogP contribution in [0.2, 0.25) is 0 Å². The Morgan fingerprint density at radius 1 is 1.42 bits per heavy atom. The third kappa shape index (κ3) is 4.17. The Morgan fingerprint density at radius 3 is 2.81 bits per heavy atom. The molecule has 0 spiro atoms. The molecule has 1 saturated heterocycles. The number of carbonyl (C=O) groups is 1. The fraction of sp³-hybridized carbons (Fsp3) is 0.267. The highest BCUT2D eigenvalue weighted by Gasteiger charge is 2.37. The van der Waals surface area contributed by atoms with Crippen LogP contribution < -0.4 is 15.2 Å². The molecule has 1 aliphatic heterocycles. The molecule has 1 fully saturated rings. The van der Waals surface area contributed by atoms with Crippen molar-refractivity contribution in [2.45, 2.75) is 18.9 Å². The van der Waals surface area contributed by atoms with Crippen LogP contribution in [0.25, 0.3) is 0 Å². The van der Waals surface area contributed by atoms with E-state index in [1.165, 1.54) is 6.20 Å². The van der Waals surface area contributed by atoms with Crippen LogP contribution in [0.5, 0.6) is 10.8 Å². The van der Waals surface area contributed by atoms with E-state index >= 15 is 0 Å². The van der Waals surface area contributed by atoms with Gasteiger partial charge in [0.2, 0.25) is 11.0 Å². The Kier molecular flexibility index (Phi) is 5.19. The SMILES string of the molecule is N#Cc1ccc(Oc2cnc(NC(=O)[C@H]3CCCN3S(N)(=O)=O)s2)cc1. The first-order valence-electron chi connectivity index (χ1n) is 7.61. The maximum atomic E-state index is 12.3. The lowest BCUT2D eigenvalue weighted by molar-refractivity contribution is -0.119. The minimum atomic E-state index is -3.92. The van der Waals surface area contributed by atoms with Crippen LogP contribution in [0.1, 0.15) is 18.4 Å². The molecular formula is C15H15N5O4S2. The number of hydrogen-bond acceptors (Lipinski definition) is 7. The lowest BCUT2D eigenvalue weighted by atomic mass is 10.2. The second-order valence-corrected chi connectivity index (χ2v) is 8.02. The molecule has 0 saturated carbocycles. The number of anilines is 1. The third-order valence-corrected chi connectivity index (χ3v) is 5.63. The summed E-state index contributed by atoms with van der Waals surface area (Å²) < 4.78 is 29.6. The van der Waals surface area contributed by atoms with Gasteiger partial charge in [-0.05, 0) is 37.1 Å². The first-order chi connectivity index (χ1) is 12.4. The lowest BCUT2D eigenvalue weighted by Crippen LogP contribution is -2.46. The zero-order chi connectivity index (χ0) is 18.7. The van der Waals surface area contributed by atoms with Gasteiger partial charge in [0.25, 0.3) is 10.2 Å². The van der Waals surface area contributed by atoms with Gasteiger partial charge in [0.1, 0.15) is 11.8 Å². The summed E-state index contributed by atoms with van der Waals surface area (Å²) in [6.45, 7) is 0.224. The summed E-state index contributed by atoms with van der Waals surface area (Å²) >= 11 is 1.10. The van der Waals surface area contributed by atoms with Crippen molar-refractivity contribution in [2.24, 2.45) is 5.14 Å². The van der Waals surface area contributed by atoms with E-state index in [4.69, 9.17) is 15.1 Å². The van der Waals surface area contributed by atoms with Gasteiger partial charge in [-0.2, -0.15) is 18.0 Å². The molecule has 9 nitrogen and oxygen atoms in total. The quantitative estimate of drug-likeness (QED) is 0.787. The molecule has 136 valence electrons. The summed E-state index contributed by atoms with van der Waals surface area (Å²) in [6.07, 6.45) is 2.42. The van der Waals surface area contributed by atoms with E-state index in [0.29, 0.717) is 34.3 Å². The first kappa shape index (κ1) is 18.3. The molecule has 2 aromatic rings. The molecule has 26 heavy (non-hydrogen) atoms. The first-order valence-corrected chi connectivity index (χ1v) is 9.93. The smallest absolute Gasteiger partial charge is 0.277 e. The molecule has 0 unspecified atom stereocenters. The van der Waals surface area contributed by atoms with E-state index in [-0.39, 0.29) is 6.54 Å². The number of carbonyl (C=O) groups excluding carboxylic acids is 1.